The highest BCUT2D eigenvalue weighted by Gasteiger charge is 2.48. The number of hydrogen-bond donors (Lipinski definition) is 0. The van der Waals surface area contributed by atoms with Gasteiger partial charge in [-0.15, -0.1) is 0 Å². The number of ether oxygens (including phenoxy) is 4. The third kappa shape index (κ3) is 7.62. The van der Waals surface area contributed by atoms with Crippen molar-refractivity contribution < 1.29 is 23.7 Å². The molecule has 0 N–H and O–H groups in total. The molecule has 12 nitrogen and oxygen atoms in total. The zero-order valence-corrected chi connectivity index (χ0v) is 35.9. The van der Waals surface area contributed by atoms with E-state index >= 15 is 0 Å². The number of nitrogens with zero attached hydrogens (tertiary/aromatic N) is 7. The van der Waals surface area contributed by atoms with Crippen molar-refractivity contribution in [3.05, 3.63) is 35.5 Å². The van der Waals surface area contributed by atoms with Gasteiger partial charge < -0.3 is 33.6 Å². The molecule has 0 bridgehead atoms. The monoisotopic (exact) mass is 805 g/mol. The van der Waals surface area contributed by atoms with E-state index in [4.69, 9.17) is 34.0 Å². The minimum atomic E-state index is -0.498. The first-order valence-corrected chi connectivity index (χ1v) is 22.8. The number of carbonyl (C=O) groups is 1. The molecule has 316 valence electrons. The molecule has 10 rings (SSSR count). The third-order valence-corrected chi connectivity index (χ3v) is 14.0. The van der Waals surface area contributed by atoms with Crippen molar-refractivity contribution in [1.29, 1.82) is 0 Å². The molecule has 4 aromatic rings. The minimum absolute atomic E-state index is 0.0507. The van der Waals surface area contributed by atoms with Crippen LogP contribution in [-0.4, -0.2) is 106 Å². The molecular weight excluding hydrogens is 743 g/mol. The maximum absolute atomic E-state index is 12.9. The number of piperidine rings is 2. The average Bonchev–Trinajstić information content (AvgIpc) is 3.96. The predicted molar refractivity (Wildman–Crippen MR) is 230 cm³/mol. The van der Waals surface area contributed by atoms with Crippen LogP contribution in [0.2, 0.25) is 0 Å². The fourth-order valence-corrected chi connectivity index (χ4v) is 10.2. The van der Waals surface area contributed by atoms with Crippen molar-refractivity contribution in [1.82, 2.24) is 29.5 Å². The Kier molecular flexibility index (Phi) is 10.2. The van der Waals surface area contributed by atoms with Crippen molar-refractivity contribution in [2.24, 2.45) is 5.41 Å². The summed E-state index contributed by atoms with van der Waals surface area (Å²) in [6.45, 7) is 17.3. The minimum Gasteiger partial charge on any atom is -0.487 e. The van der Waals surface area contributed by atoms with Gasteiger partial charge in [0.2, 0.25) is 0 Å². The molecule has 2 aromatic carbocycles. The maximum atomic E-state index is 12.9. The Morgan fingerprint density at radius 3 is 2.31 bits per heavy atom. The van der Waals surface area contributed by atoms with Gasteiger partial charge in [0.05, 0.1) is 17.8 Å². The van der Waals surface area contributed by atoms with E-state index in [2.05, 4.69) is 52.7 Å². The molecule has 6 aliphatic rings. The van der Waals surface area contributed by atoms with Gasteiger partial charge in [-0.1, -0.05) is 13.0 Å². The first-order chi connectivity index (χ1) is 28.5. The van der Waals surface area contributed by atoms with Gasteiger partial charge >= 0.3 is 12.1 Å². The number of anilines is 1. The lowest BCUT2D eigenvalue weighted by Gasteiger charge is -2.53. The second kappa shape index (κ2) is 15.4. The van der Waals surface area contributed by atoms with E-state index in [-0.39, 0.29) is 29.9 Å². The average molecular weight is 806 g/mol. The Morgan fingerprint density at radius 2 is 1.64 bits per heavy atom. The Morgan fingerprint density at radius 1 is 0.881 bits per heavy atom. The summed E-state index contributed by atoms with van der Waals surface area (Å²) in [5.41, 5.74) is 6.45. The van der Waals surface area contributed by atoms with Gasteiger partial charge in [0.25, 0.3) is 0 Å². The van der Waals surface area contributed by atoms with E-state index in [0.29, 0.717) is 11.9 Å². The number of likely N-dealkylation sites (tertiary alicyclic amines) is 2. The fraction of sp³-hybridized carbons (Fsp3) is 0.660. The van der Waals surface area contributed by atoms with E-state index in [0.717, 1.165) is 156 Å². The second-order valence-electron chi connectivity index (χ2n) is 19.5. The van der Waals surface area contributed by atoms with Crippen molar-refractivity contribution in [3.63, 3.8) is 0 Å². The molecule has 4 saturated heterocycles. The summed E-state index contributed by atoms with van der Waals surface area (Å²) < 4.78 is 28.2. The van der Waals surface area contributed by atoms with Crippen LogP contribution in [0.4, 0.5) is 10.6 Å². The number of amides is 1. The van der Waals surface area contributed by atoms with Crippen molar-refractivity contribution in [2.75, 3.05) is 57.3 Å². The molecule has 1 spiro atoms. The number of benzene rings is 2. The van der Waals surface area contributed by atoms with Crippen LogP contribution >= 0.6 is 0 Å². The number of fused-ring (bicyclic) bond motifs is 2. The number of hydrogen-bond acceptors (Lipinski definition) is 10. The lowest BCUT2D eigenvalue weighted by Crippen LogP contribution is -2.62. The molecule has 2 aromatic heterocycles. The van der Waals surface area contributed by atoms with E-state index in [1.54, 1.807) is 0 Å². The van der Waals surface area contributed by atoms with Gasteiger partial charge in [0.15, 0.2) is 12.0 Å². The standard InChI is InChI=1S/C47H63N7O5/c1-6-51-21-17-33(18-22-51)58-44-49-41-35(43(50-44)52-23-19-47(20-24-52)28-53(29-47)45(55)59-46(3,4)5)26-34(31-14-15-31)40(42(41)57-32-10-9-11-32)39-30(2)13-16-37-36(39)27-48-54(37)38-12-7-8-25-56-38/h13,16,26-27,31-33,38H,6-12,14-15,17-25,28-29H2,1-5H3. The van der Waals surface area contributed by atoms with Crippen LogP contribution in [0.25, 0.3) is 32.9 Å². The van der Waals surface area contributed by atoms with E-state index in [1.165, 1.54) is 28.7 Å². The van der Waals surface area contributed by atoms with Crippen LogP contribution in [0.15, 0.2) is 24.4 Å². The normalized spacial score (nSPS) is 23.1. The molecule has 1 atom stereocenters. The topological polar surface area (TPSA) is 107 Å². The smallest absolute Gasteiger partial charge is 0.410 e. The summed E-state index contributed by atoms with van der Waals surface area (Å²) >= 11 is 0. The number of aromatic nitrogens is 4. The largest absolute Gasteiger partial charge is 0.487 e. The van der Waals surface area contributed by atoms with Gasteiger partial charge in [0.1, 0.15) is 23.0 Å². The Hall–Kier alpha value is -4.16. The summed E-state index contributed by atoms with van der Waals surface area (Å²) in [7, 11) is 0. The van der Waals surface area contributed by atoms with Crippen molar-refractivity contribution in [2.45, 2.75) is 142 Å². The van der Waals surface area contributed by atoms with Crippen LogP contribution in [0.1, 0.15) is 128 Å². The predicted octanol–water partition coefficient (Wildman–Crippen LogP) is 9.16. The summed E-state index contributed by atoms with van der Waals surface area (Å²) in [6, 6.07) is 7.34. The summed E-state index contributed by atoms with van der Waals surface area (Å²) in [5, 5.41) is 7.19. The van der Waals surface area contributed by atoms with Crippen molar-refractivity contribution in [3.8, 4) is 22.9 Å². The molecule has 2 saturated carbocycles. The van der Waals surface area contributed by atoms with Gasteiger partial charge in [0, 0.05) is 67.6 Å². The molecular formula is C47H63N7O5. The summed E-state index contributed by atoms with van der Waals surface area (Å²) in [4.78, 5) is 30.5. The highest BCUT2D eigenvalue weighted by atomic mass is 16.6. The van der Waals surface area contributed by atoms with Crippen LogP contribution in [-0.2, 0) is 9.47 Å². The fourth-order valence-electron chi connectivity index (χ4n) is 10.2. The molecule has 6 heterocycles. The molecule has 12 heteroatoms. The molecule has 1 amide bonds. The quantitative estimate of drug-likeness (QED) is 0.163. The SMILES string of the molecule is CCN1CCC(Oc2nc(N3CCC4(CC3)CN(C(=O)OC(C)(C)C)C4)c3cc(C4CC4)c(-c4c(C)ccc5c4cnn5C4CCCCO4)c(OC4CCC4)c3n2)CC1. The Balaban J connectivity index is 1.08. The molecule has 4 aliphatic heterocycles. The van der Waals surface area contributed by atoms with E-state index in [9.17, 15) is 4.79 Å². The number of aryl methyl sites for hydroxylation is 1. The third-order valence-electron chi connectivity index (χ3n) is 14.0. The second-order valence-corrected chi connectivity index (χ2v) is 19.5. The van der Waals surface area contributed by atoms with Crippen LogP contribution in [0, 0.1) is 12.3 Å². The number of rotatable bonds is 9. The molecule has 6 fully saturated rings. The van der Waals surface area contributed by atoms with E-state index < -0.39 is 5.60 Å². The van der Waals surface area contributed by atoms with Gasteiger partial charge in [-0.25, -0.2) is 9.48 Å². The van der Waals surface area contributed by atoms with Gasteiger partial charge in [-0.2, -0.15) is 15.1 Å². The Labute approximate surface area is 348 Å². The summed E-state index contributed by atoms with van der Waals surface area (Å²) in [6.07, 6.45) is 14.7. The lowest BCUT2D eigenvalue weighted by atomic mass is 9.72. The molecule has 1 unspecified atom stereocenters. The van der Waals surface area contributed by atoms with Crippen molar-refractivity contribution >= 4 is 33.7 Å². The van der Waals surface area contributed by atoms with Crippen LogP contribution in [0.3, 0.4) is 0 Å². The summed E-state index contributed by atoms with van der Waals surface area (Å²) in [5.74, 6) is 2.26. The highest BCUT2D eigenvalue weighted by Crippen LogP contribution is 2.54. The van der Waals surface area contributed by atoms with Gasteiger partial charge in [-0.05, 0) is 146 Å². The molecule has 2 aliphatic carbocycles. The van der Waals surface area contributed by atoms with E-state index in [1.807, 2.05) is 25.7 Å². The first kappa shape index (κ1) is 39.0. The van der Waals surface area contributed by atoms with Gasteiger partial charge in [-0.3, -0.25) is 0 Å². The Bertz CT molecular complexity index is 2190. The number of carbonyl (C=O) groups excluding carboxylic acids is 1. The molecule has 0 radical (unpaired) electrons. The highest BCUT2D eigenvalue weighted by molar-refractivity contribution is 6.06. The van der Waals surface area contributed by atoms with Crippen LogP contribution < -0.4 is 14.4 Å². The molecule has 59 heavy (non-hydrogen) atoms. The maximum Gasteiger partial charge on any atom is 0.410 e. The zero-order chi connectivity index (χ0) is 40.5. The lowest BCUT2D eigenvalue weighted by molar-refractivity contribution is -0.0434. The first-order valence-electron chi connectivity index (χ1n) is 22.8. The zero-order valence-electron chi connectivity index (χ0n) is 35.9. The van der Waals surface area contributed by atoms with Crippen LogP contribution in [0.5, 0.6) is 11.8 Å².